The van der Waals surface area contributed by atoms with Crippen LogP contribution in [0, 0.1) is 0 Å². The van der Waals surface area contributed by atoms with E-state index in [4.69, 9.17) is 0 Å². The number of benzene rings is 10. The smallest absolute Gasteiger partial charge is 0.0551 e. The molecule has 0 unspecified atom stereocenters. The van der Waals surface area contributed by atoms with Crippen molar-refractivity contribution in [1.82, 2.24) is 4.98 Å². The Labute approximate surface area is 303 Å². The molecule has 52 heavy (non-hydrogen) atoms. The molecular weight excluding hydrogens is 647 g/mol. The van der Waals surface area contributed by atoms with Gasteiger partial charge >= 0.3 is 0 Å². The van der Waals surface area contributed by atoms with Gasteiger partial charge in [-0.15, -0.1) is 11.3 Å². The molecule has 0 atom stereocenters. The summed E-state index contributed by atoms with van der Waals surface area (Å²) >= 11 is 1.89. The summed E-state index contributed by atoms with van der Waals surface area (Å²) in [5.41, 5.74) is 7.27. The number of hydrogen-bond donors (Lipinski definition) is 1. The fourth-order valence-corrected chi connectivity index (χ4v) is 10.2. The molecule has 0 aliphatic carbocycles. The summed E-state index contributed by atoms with van der Waals surface area (Å²) in [5, 5.41) is 18.2. The van der Waals surface area contributed by atoms with Crippen LogP contribution in [0.4, 0.5) is 0 Å². The number of aromatic amines is 1. The van der Waals surface area contributed by atoms with Crippen LogP contribution in [0.15, 0.2) is 170 Å². The molecule has 10 aromatic carbocycles. The van der Waals surface area contributed by atoms with Gasteiger partial charge in [-0.2, -0.15) is 0 Å². The van der Waals surface area contributed by atoms with Crippen molar-refractivity contribution in [3.63, 3.8) is 0 Å². The van der Waals surface area contributed by atoms with Crippen molar-refractivity contribution in [3.8, 4) is 22.3 Å². The molecule has 1 N–H and O–H groups in total. The number of aromatic nitrogens is 1. The third-order valence-corrected chi connectivity index (χ3v) is 12.5. The summed E-state index contributed by atoms with van der Waals surface area (Å²) in [4.78, 5) is 3.94. The van der Waals surface area contributed by atoms with E-state index in [-0.39, 0.29) is 0 Å². The molecule has 0 radical (unpaired) electrons. The molecule has 12 rings (SSSR count). The number of nitrogens with one attached hydrogen (secondary N) is 1. The lowest BCUT2D eigenvalue weighted by Crippen LogP contribution is -1.87. The van der Waals surface area contributed by atoms with Crippen LogP contribution in [0.1, 0.15) is 0 Å². The standard InChI is InChI=1S/C50H29NS/c1-2-13-33-29(10-1)20-22-36-34-14-3-4-15-35(34)42(28-43(33)36)32-12-9-11-30(26-32)31-21-23-39-44(27-31)51-50-41-24-25-46-49(40-18-7-8-19-45(40)52-46)47(41)37-16-5-6-17-38(37)48(39)50/h1-28,51H. The highest BCUT2D eigenvalue weighted by Crippen LogP contribution is 2.46. The van der Waals surface area contributed by atoms with E-state index in [0.29, 0.717) is 0 Å². The van der Waals surface area contributed by atoms with Crippen molar-refractivity contribution in [2.24, 2.45) is 0 Å². The van der Waals surface area contributed by atoms with Gasteiger partial charge in [-0.05, 0) is 95.7 Å². The zero-order chi connectivity index (χ0) is 33.9. The van der Waals surface area contributed by atoms with Crippen LogP contribution in [0.25, 0.3) is 118 Å². The van der Waals surface area contributed by atoms with Gasteiger partial charge in [-0.3, -0.25) is 0 Å². The lowest BCUT2D eigenvalue weighted by Gasteiger charge is -2.14. The van der Waals surface area contributed by atoms with Crippen LogP contribution in [-0.2, 0) is 0 Å². The molecular formula is C50H29NS. The zero-order valence-corrected chi connectivity index (χ0v) is 28.9. The van der Waals surface area contributed by atoms with E-state index in [1.165, 1.54) is 113 Å². The molecule has 2 aromatic heterocycles. The van der Waals surface area contributed by atoms with Gasteiger partial charge < -0.3 is 4.98 Å². The first-order valence-corrected chi connectivity index (χ1v) is 18.7. The van der Waals surface area contributed by atoms with Crippen molar-refractivity contribution in [2.75, 3.05) is 0 Å². The van der Waals surface area contributed by atoms with Gasteiger partial charge in [0.25, 0.3) is 0 Å². The Kier molecular flexibility index (Phi) is 5.71. The monoisotopic (exact) mass is 675 g/mol. The van der Waals surface area contributed by atoms with Gasteiger partial charge in [0.15, 0.2) is 0 Å². The van der Waals surface area contributed by atoms with Gasteiger partial charge in [0.2, 0.25) is 0 Å². The molecule has 2 heteroatoms. The first-order chi connectivity index (χ1) is 25.8. The average Bonchev–Trinajstić information content (AvgIpc) is 3.79. The van der Waals surface area contributed by atoms with Crippen molar-refractivity contribution in [2.45, 2.75) is 0 Å². The van der Waals surface area contributed by atoms with Gasteiger partial charge in [0, 0.05) is 47.2 Å². The molecule has 2 heterocycles. The second kappa shape index (κ2) is 10.5. The molecule has 0 aliphatic rings. The van der Waals surface area contributed by atoms with Gasteiger partial charge in [0.05, 0.1) is 5.52 Å². The van der Waals surface area contributed by atoms with Gasteiger partial charge in [-0.25, -0.2) is 0 Å². The Hall–Kier alpha value is -6.48. The Bertz CT molecular complexity index is 3470. The van der Waals surface area contributed by atoms with Crippen molar-refractivity contribution < 1.29 is 0 Å². The molecule has 0 saturated carbocycles. The molecule has 1 nitrogen and oxygen atoms in total. The second-order valence-electron chi connectivity index (χ2n) is 14.1. The van der Waals surface area contributed by atoms with E-state index in [1.807, 2.05) is 11.3 Å². The largest absolute Gasteiger partial charge is 0.354 e. The molecule has 12 aromatic rings. The summed E-state index contributed by atoms with van der Waals surface area (Å²) in [7, 11) is 0. The molecule has 0 bridgehead atoms. The molecule has 240 valence electrons. The molecule has 0 spiro atoms. The van der Waals surface area contributed by atoms with Gasteiger partial charge in [0.1, 0.15) is 0 Å². The number of rotatable bonds is 2. The maximum Gasteiger partial charge on any atom is 0.0551 e. The number of fused-ring (bicyclic) bond motifs is 17. The molecule has 0 saturated heterocycles. The number of H-pyrrole nitrogens is 1. The predicted octanol–water partition coefficient (Wildman–Crippen LogP) is 14.8. The quantitative estimate of drug-likeness (QED) is 0.176. The zero-order valence-electron chi connectivity index (χ0n) is 28.1. The minimum Gasteiger partial charge on any atom is -0.354 e. The van der Waals surface area contributed by atoms with E-state index in [2.05, 4.69) is 175 Å². The molecule has 0 aliphatic heterocycles. The molecule has 0 fully saturated rings. The van der Waals surface area contributed by atoms with Crippen molar-refractivity contribution >= 4 is 107 Å². The summed E-state index contributed by atoms with van der Waals surface area (Å²) in [6, 6.07) is 63.0. The SMILES string of the molecule is c1cc(-c2ccc3c(c2)[nH]c2c4ccc5sc6ccccc6c5c4c4ccccc4c32)cc(-c2cc3c4ccccc4ccc3c3ccccc23)c1. The second-order valence-corrected chi connectivity index (χ2v) is 15.2. The Morgan fingerprint density at radius 1 is 0.327 bits per heavy atom. The Morgan fingerprint density at radius 3 is 1.87 bits per heavy atom. The minimum atomic E-state index is 1.16. The van der Waals surface area contributed by atoms with Crippen molar-refractivity contribution in [1.29, 1.82) is 0 Å². The lowest BCUT2D eigenvalue weighted by molar-refractivity contribution is 1.56. The topological polar surface area (TPSA) is 15.8 Å². The van der Waals surface area contributed by atoms with E-state index in [1.54, 1.807) is 0 Å². The lowest BCUT2D eigenvalue weighted by atomic mass is 9.90. The maximum atomic E-state index is 3.94. The van der Waals surface area contributed by atoms with Crippen LogP contribution in [-0.4, -0.2) is 4.98 Å². The summed E-state index contributed by atoms with van der Waals surface area (Å²) in [6.07, 6.45) is 0. The maximum absolute atomic E-state index is 3.94. The van der Waals surface area contributed by atoms with E-state index in [0.717, 1.165) is 5.52 Å². The predicted molar refractivity (Wildman–Crippen MR) is 227 cm³/mol. The van der Waals surface area contributed by atoms with E-state index < -0.39 is 0 Å². The summed E-state index contributed by atoms with van der Waals surface area (Å²) in [5.74, 6) is 0. The van der Waals surface area contributed by atoms with Crippen LogP contribution < -0.4 is 0 Å². The van der Waals surface area contributed by atoms with E-state index in [9.17, 15) is 0 Å². The van der Waals surface area contributed by atoms with Crippen molar-refractivity contribution in [3.05, 3.63) is 170 Å². The third kappa shape index (κ3) is 3.87. The summed E-state index contributed by atoms with van der Waals surface area (Å²) < 4.78 is 2.67. The fourth-order valence-electron chi connectivity index (χ4n) is 9.05. The van der Waals surface area contributed by atoms with E-state index >= 15 is 0 Å². The third-order valence-electron chi connectivity index (χ3n) is 11.4. The fraction of sp³-hybridized carbons (Fsp3) is 0. The normalized spacial score (nSPS) is 12.2. The highest BCUT2D eigenvalue weighted by Gasteiger charge is 2.18. The van der Waals surface area contributed by atoms with Crippen LogP contribution in [0.3, 0.4) is 0 Å². The average molecular weight is 676 g/mol. The first-order valence-electron chi connectivity index (χ1n) is 17.9. The number of thiophene rings is 1. The van der Waals surface area contributed by atoms with Gasteiger partial charge in [-0.1, -0.05) is 140 Å². The Morgan fingerprint density at radius 2 is 0.981 bits per heavy atom. The number of hydrogen-bond acceptors (Lipinski definition) is 1. The summed E-state index contributed by atoms with van der Waals surface area (Å²) in [6.45, 7) is 0. The highest BCUT2D eigenvalue weighted by atomic mass is 32.1. The Balaban J connectivity index is 1.08. The van der Waals surface area contributed by atoms with Crippen LogP contribution in [0.5, 0.6) is 0 Å². The van der Waals surface area contributed by atoms with Crippen LogP contribution >= 0.6 is 11.3 Å². The highest BCUT2D eigenvalue weighted by molar-refractivity contribution is 7.26. The first kappa shape index (κ1) is 28.2. The van der Waals surface area contributed by atoms with Crippen LogP contribution in [0.2, 0.25) is 0 Å². The molecule has 0 amide bonds. The minimum absolute atomic E-state index is 1.16.